The summed E-state index contributed by atoms with van der Waals surface area (Å²) in [5, 5.41) is 12.1. The molecule has 4 rings (SSSR count). The molecule has 3 aromatic carbocycles. The number of rotatable bonds is 6. The first-order valence-electron chi connectivity index (χ1n) is 9.53. The summed E-state index contributed by atoms with van der Waals surface area (Å²) < 4.78 is 11.0. The van der Waals surface area contributed by atoms with Crippen molar-refractivity contribution in [2.75, 3.05) is 12.4 Å². The van der Waals surface area contributed by atoms with E-state index in [1.165, 1.54) is 0 Å². The number of aliphatic hydroxyl groups is 1. The van der Waals surface area contributed by atoms with Crippen LogP contribution in [0.15, 0.2) is 89.3 Å². The molecule has 0 atom stereocenters. The quantitative estimate of drug-likeness (QED) is 0.457. The van der Waals surface area contributed by atoms with Gasteiger partial charge in [-0.25, -0.2) is 0 Å². The average Bonchev–Trinajstić information content (AvgIpc) is 3.29. The van der Waals surface area contributed by atoms with Gasteiger partial charge in [0.05, 0.1) is 12.7 Å². The summed E-state index contributed by atoms with van der Waals surface area (Å²) >= 11 is 0. The molecule has 1 heterocycles. The van der Waals surface area contributed by atoms with Crippen molar-refractivity contribution in [3.8, 4) is 28.2 Å². The lowest BCUT2D eigenvalue weighted by Crippen LogP contribution is -2.11. The van der Waals surface area contributed by atoms with E-state index < -0.39 is 0 Å². The number of anilines is 1. The summed E-state index contributed by atoms with van der Waals surface area (Å²) in [4.78, 5) is 12.7. The van der Waals surface area contributed by atoms with Gasteiger partial charge in [-0.1, -0.05) is 42.5 Å². The van der Waals surface area contributed by atoms with Crippen LogP contribution in [0, 0.1) is 0 Å². The number of amides is 1. The third-order valence-electron chi connectivity index (χ3n) is 4.79. The second-order valence-electron chi connectivity index (χ2n) is 6.74. The van der Waals surface area contributed by atoms with Crippen molar-refractivity contribution < 1.29 is 19.1 Å². The Balaban J connectivity index is 1.55. The fraction of sp³-hybridized carbons (Fsp3) is 0.0800. The molecule has 1 aromatic heterocycles. The fourth-order valence-electron chi connectivity index (χ4n) is 3.23. The number of carbonyl (C=O) groups excluding carboxylic acids is 1. The van der Waals surface area contributed by atoms with Gasteiger partial charge < -0.3 is 19.6 Å². The lowest BCUT2D eigenvalue weighted by molar-refractivity contribution is 0.102. The largest absolute Gasteiger partial charge is 0.496 e. The highest BCUT2D eigenvalue weighted by molar-refractivity contribution is 6.04. The van der Waals surface area contributed by atoms with Crippen LogP contribution in [0.1, 0.15) is 16.1 Å². The van der Waals surface area contributed by atoms with Crippen LogP contribution in [0.25, 0.3) is 22.5 Å². The van der Waals surface area contributed by atoms with Crippen molar-refractivity contribution >= 4 is 11.6 Å². The molecule has 150 valence electrons. The molecule has 0 spiro atoms. The zero-order chi connectivity index (χ0) is 20.9. The molecule has 0 saturated heterocycles. The zero-order valence-corrected chi connectivity index (χ0v) is 16.5. The van der Waals surface area contributed by atoms with Crippen molar-refractivity contribution in [1.29, 1.82) is 0 Å². The minimum absolute atomic E-state index is 0.183. The Bertz CT molecular complexity index is 1150. The highest BCUT2D eigenvalue weighted by Gasteiger charge is 2.13. The number of benzene rings is 3. The molecule has 5 heteroatoms. The standard InChI is InChI=1S/C25H21NO4/c1-29-23-13-11-20(15-22(23)24-14-12-21(16-27)30-24)26-25(28)19-9-7-18(8-10-19)17-5-3-2-4-6-17/h2-15,27H,16H2,1H3,(H,26,28). The Morgan fingerprint density at radius 1 is 0.933 bits per heavy atom. The normalized spacial score (nSPS) is 10.6. The van der Waals surface area contributed by atoms with Crippen LogP contribution in [0.2, 0.25) is 0 Å². The number of nitrogens with one attached hydrogen (secondary N) is 1. The van der Waals surface area contributed by atoms with Crippen LogP contribution < -0.4 is 10.1 Å². The molecule has 0 bridgehead atoms. The smallest absolute Gasteiger partial charge is 0.255 e. The molecule has 30 heavy (non-hydrogen) atoms. The van der Waals surface area contributed by atoms with Crippen molar-refractivity contribution in [1.82, 2.24) is 0 Å². The maximum absolute atomic E-state index is 12.7. The van der Waals surface area contributed by atoms with Crippen molar-refractivity contribution in [3.63, 3.8) is 0 Å². The molecule has 0 fully saturated rings. The van der Waals surface area contributed by atoms with Crippen molar-refractivity contribution in [2.24, 2.45) is 0 Å². The van der Waals surface area contributed by atoms with E-state index in [-0.39, 0.29) is 12.5 Å². The summed E-state index contributed by atoms with van der Waals surface area (Å²) in [7, 11) is 1.57. The first-order chi connectivity index (χ1) is 14.7. The number of carbonyl (C=O) groups is 1. The van der Waals surface area contributed by atoms with E-state index in [0.717, 1.165) is 11.1 Å². The molecule has 4 aromatic rings. The molecule has 5 nitrogen and oxygen atoms in total. The molecule has 0 saturated carbocycles. The molecule has 0 aliphatic heterocycles. The topological polar surface area (TPSA) is 71.7 Å². The fourth-order valence-corrected chi connectivity index (χ4v) is 3.23. The monoisotopic (exact) mass is 399 g/mol. The summed E-state index contributed by atoms with van der Waals surface area (Å²) in [6, 6.07) is 26.3. The summed E-state index contributed by atoms with van der Waals surface area (Å²) in [5.41, 5.74) is 4.02. The van der Waals surface area contributed by atoms with Gasteiger partial charge in [-0.2, -0.15) is 0 Å². The number of ether oxygens (including phenoxy) is 1. The van der Waals surface area contributed by atoms with Gasteiger partial charge in [-0.05, 0) is 53.6 Å². The summed E-state index contributed by atoms with van der Waals surface area (Å²) in [5.74, 6) is 1.42. The molecule has 0 radical (unpaired) electrons. The number of hydrogen-bond acceptors (Lipinski definition) is 4. The Morgan fingerprint density at radius 3 is 2.33 bits per heavy atom. The van der Waals surface area contributed by atoms with Crippen LogP contribution in [0.5, 0.6) is 5.75 Å². The lowest BCUT2D eigenvalue weighted by Gasteiger charge is -2.11. The second kappa shape index (κ2) is 8.68. The Morgan fingerprint density at radius 2 is 1.67 bits per heavy atom. The summed E-state index contributed by atoms with van der Waals surface area (Å²) in [6.07, 6.45) is 0. The minimum Gasteiger partial charge on any atom is -0.496 e. The average molecular weight is 399 g/mol. The van der Waals surface area contributed by atoms with Gasteiger partial charge in [-0.15, -0.1) is 0 Å². The summed E-state index contributed by atoms with van der Waals surface area (Å²) in [6.45, 7) is -0.183. The first-order valence-corrected chi connectivity index (χ1v) is 9.53. The molecule has 0 unspecified atom stereocenters. The highest BCUT2D eigenvalue weighted by Crippen LogP contribution is 2.34. The first kappa shape index (κ1) is 19.5. The van der Waals surface area contributed by atoms with E-state index >= 15 is 0 Å². The van der Waals surface area contributed by atoms with Crippen LogP contribution in [-0.2, 0) is 6.61 Å². The molecular formula is C25H21NO4. The van der Waals surface area contributed by atoms with Gasteiger partial charge >= 0.3 is 0 Å². The molecule has 0 aliphatic rings. The minimum atomic E-state index is -0.207. The van der Waals surface area contributed by atoms with Gasteiger partial charge in [0.2, 0.25) is 0 Å². The van der Waals surface area contributed by atoms with Crippen LogP contribution >= 0.6 is 0 Å². The molecular weight excluding hydrogens is 378 g/mol. The van der Waals surface area contributed by atoms with E-state index in [1.807, 2.05) is 54.6 Å². The second-order valence-corrected chi connectivity index (χ2v) is 6.74. The van der Waals surface area contributed by atoms with Gasteiger partial charge in [0, 0.05) is 11.3 Å². The van der Waals surface area contributed by atoms with E-state index in [1.54, 1.807) is 37.4 Å². The third kappa shape index (κ3) is 4.11. The van der Waals surface area contributed by atoms with Crippen LogP contribution in [0.3, 0.4) is 0 Å². The van der Waals surface area contributed by atoms with Gasteiger partial charge in [0.15, 0.2) is 0 Å². The van der Waals surface area contributed by atoms with E-state index in [4.69, 9.17) is 9.15 Å². The predicted molar refractivity (Wildman–Crippen MR) is 116 cm³/mol. The molecule has 1 amide bonds. The highest BCUT2D eigenvalue weighted by atomic mass is 16.5. The number of hydrogen-bond donors (Lipinski definition) is 2. The molecule has 2 N–H and O–H groups in total. The van der Waals surface area contributed by atoms with Crippen LogP contribution in [0.4, 0.5) is 5.69 Å². The van der Waals surface area contributed by atoms with E-state index in [0.29, 0.717) is 34.1 Å². The zero-order valence-electron chi connectivity index (χ0n) is 16.5. The Kier molecular flexibility index (Phi) is 5.63. The van der Waals surface area contributed by atoms with Crippen LogP contribution in [-0.4, -0.2) is 18.1 Å². The Hall–Kier alpha value is -3.83. The third-order valence-corrected chi connectivity index (χ3v) is 4.79. The SMILES string of the molecule is COc1ccc(NC(=O)c2ccc(-c3ccccc3)cc2)cc1-c1ccc(CO)o1. The lowest BCUT2D eigenvalue weighted by atomic mass is 10.0. The van der Waals surface area contributed by atoms with Gasteiger partial charge in [-0.3, -0.25) is 4.79 Å². The molecule has 0 aliphatic carbocycles. The van der Waals surface area contributed by atoms with E-state index in [2.05, 4.69) is 5.32 Å². The maximum atomic E-state index is 12.7. The predicted octanol–water partition coefficient (Wildman–Crippen LogP) is 5.37. The maximum Gasteiger partial charge on any atom is 0.255 e. The van der Waals surface area contributed by atoms with E-state index in [9.17, 15) is 9.90 Å². The Labute approximate surface area is 174 Å². The van der Waals surface area contributed by atoms with Gasteiger partial charge in [0.1, 0.15) is 23.9 Å². The van der Waals surface area contributed by atoms with Crippen molar-refractivity contribution in [3.05, 3.63) is 96.3 Å². The van der Waals surface area contributed by atoms with Gasteiger partial charge in [0.25, 0.3) is 5.91 Å². The number of aliphatic hydroxyl groups excluding tert-OH is 1. The number of furan rings is 1. The number of methoxy groups -OCH3 is 1. The van der Waals surface area contributed by atoms with Crippen molar-refractivity contribution in [2.45, 2.75) is 6.61 Å².